The van der Waals surface area contributed by atoms with E-state index >= 15 is 0 Å². The van der Waals surface area contributed by atoms with Crippen molar-refractivity contribution in [2.45, 2.75) is 24.3 Å². The van der Waals surface area contributed by atoms with E-state index in [0.29, 0.717) is 6.54 Å². The molecule has 0 saturated heterocycles. The van der Waals surface area contributed by atoms with Crippen molar-refractivity contribution in [3.63, 3.8) is 0 Å². The SMILES string of the molecule is Fc1ccccc1C1(CN[C@@H](c2ccccc2)c2ncn[nH]2)CC1. The van der Waals surface area contributed by atoms with Crippen LogP contribution < -0.4 is 5.32 Å². The monoisotopic (exact) mass is 322 g/mol. The van der Waals surface area contributed by atoms with Gasteiger partial charge in [-0.1, -0.05) is 48.5 Å². The van der Waals surface area contributed by atoms with Crippen molar-refractivity contribution in [3.05, 3.63) is 83.7 Å². The second-order valence-electron chi connectivity index (χ2n) is 6.36. The maximum Gasteiger partial charge on any atom is 0.145 e. The number of rotatable bonds is 6. The Bertz CT molecular complexity index is 797. The summed E-state index contributed by atoms with van der Waals surface area (Å²) in [6, 6.07) is 17.1. The lowest BCUT2D eigenvalue weighted by atomic mass is 9.94. The molecule has 1 heterocycles. The van der Waals surface area contributed by atoms with E-state index in [1.165, 1.54) is 6.33 Å². The molecule has 122 valence electrons. The average Bonchev–Trinajstić information content (AvgIpc) is 3.20. The molecule has 0 unspecified atom stereocenters. The van der Waals surface area contributed by atoms with Gasteiger partial charge >= 0.3 is 0 Å². The van der Waals surface area contributed by atoms with Gasteiger partial charge < -0.3 is 5.32 Å². The highest BCUT2D eigenvalue weighted by atomic mass is 19.1. The van der Waals surface area contributed by atoms with E-state index in [1.807, 2.05) is 30.3 Å². The molecule has 1 aromatic heterocycles. The Hall–Kier alpha value is -2.53. The summed E-state index contributed by atoms with van der Waals surface area (Å²) < 4.78 is 14.2. The van der Waals surface area contributed by atoms with Gasteiger partial charge in [0.05, 0.1) is 6.04 Å². The summed E-state index contributed by atoms with van der Waals surface area (Å²) in [6.45, 7) is 0.703. The Morgan fingerprint density at radius 1 is 1.08 bits per heavy atom. The van der Waals surface area contributed by atoms with Gasteiger partial charge in [0.15, 0.2) is 0 Å². The molecule has 2 N–H and O–H groups in total. The third-order valence-corrected chi connectivity index (χ3v) is 4.78. The van der Waals surface area contributed by atoms with Crippen LogP contribution in [0.25, 0.3) is 0 Å². The van der Waals surface area contributed by atoms with E-state index < -0.39 is 0 Å². The molecule has 4 nitrogen and oxygen atoms in total. The lowest BCUT2D eigenvalue weighted by Crippen LogP contribution is -2.32. The highest BCUT2D eigenvalue weighted by molar-refractivity contribution is 5.34. The summed E-state index contributed by atoms with van der Waals surface area (Å²) in [6.07, 6.45) is 3.51. The topological polar surface area (TPSA) is 53.6 Å². The summed E-state index contributed by atoms with van der Waals surface area (Å²) in [4.78, 5) is 4.30. The Labute approximate surface area is 140 Å². The molecule has 24 heavy (non-hydrogen) atoms. The molecule has 1 fully saturated rings. The Balaban J connectivity index is 1.57. The Morgan fingerprint density at radius 2 is 1.83 bits per heavy atom. The van der Waals surface area contributed by atoms with Crippen molar-refractivity contribution in [1.29, 1.82) is 0 Å². The van der Waals surface area contributed by atoms with E-state index in [-0.39, 0.29) is 17.3 Å². The molecule has 1 aliphatic rings. The van der Waals surface area contributed by atoms with Crippen molar-refractivity contribution in [3.8, 4) is 0 Å². The van der Waals surface area contributed by atoms with Gasteiger partial charge in [-0.3, -0.25) is 5.10 Å². The molecular weight excluding hydrogens is 303 g/mol. The van der Waals surface area contributed by atoms with Crippen molar-refractivity contribution in [2.24, 2.45) is 0 Å². The van der Waals surface area contributed by atoms with Crippen LogP contribution in [-0.4, -0.2) is 21.7 Å². The van der Waals surface area contributed by atoms with Gasteiger partial charge in [-0.25, -0.2) is 9.37 Å². The van der Waals surface area contributed by atoms with Gasteiger partial charge in [0.1, 0.15) is 18.0 Å². The van der Waals surface area contributed by atoms with Gasteiger partial charge in [0.25, 0.3) is 0 Å². The lowest BCUT2D eigenvalue weighted by Gasteiger charge is -2.22. The first-order chi connectivity index (χ1) is 11.8. The fourth-order valence-electron chi connectivity index (χ4n) is 3.25. The number of aromatic amines is 1. The maximum absolute atomic E-state index is 14.2. The second-order valence-corrected chi connectivity index (χ2v) is 6.36. The van der Waals surface area contributed by atoms with E-state index in [2.05, 4.69) is 32.6 Å². The fourth-order valence-corrected chi connectivity index (χ4v) is 3.25. The first-order valence-electron chi connectivity index (χ1n) is 8.17. The van der Waals surface area contributed by atoms with Crippen LogP contribution >= 0.6 is 0 Å². The van der Waals surface area contributed by atoms with Crippen LogP contribution in [0.2, 0.25) is 0 Å². The van der Waals surface area contributed by atoms with Crippen LogP contribution in [0.5, 0.6) is 0 Å². The number of halogens is 1. The Kier molecular flexibility index (Phi) is 3.86. The zero-order chi connectivity index (χ0) is 16.4. The van der Waals surface area contributed by atoms with Crippen molar-refractivity contribution < 1.29 is 4.39 Å². The van der Waals surface area contributed by atoms with Crippen molar-refractivity contribution >= 4 is 0 Å². The average molecular weight is 322 g/mol. The highest BCUT2D eigenvalue weighted by Gasteiger charge is 2.46. The first kappa shape index (κ1) is 15.0. The molecule has 2 aromatic carbocycles. The predicted molar refractivity (Wildman–Crippen MR) is 90.0 cm³/mol. The van der Waals surface area contributed by atoms with Gasteiger partial charge in [-0.15, -0.1) is 0 Å². The van der Waals surface area contributed by atoms with E-state index in [4.69, 9.17) is 0 Å². The van der Waals surface area contributed by atoms with Gasteiger partial charge in [0, 0.05) is 12.0 Å². The molecule has 5 heteroatoms. The van der Waals surface area contributed by atoms with E-state index in [0.717, 1.165) is 29.8 Å². The quantitative estimate of drug-likeness (QED) is 0.732. The normalized spacial score (nSPS) is 16.7. The molecule has 0 amide bonds. The molecule has 1 aliphatic carbocycles. The summed E-state index contributed by atoms with van der Waals surface area (Å²) in [5, 5.41) is 10.5. The van der Waals surface area contributed by atoms with Crippen molar-refractivity contribution in [1.82, 2.24) is 20.5 Å². The summed E-state index contributed by atoms with van der Waals surface area (Å²) in [7, 11) is 0. The molecule has 0 spiro atoms. The Morgan fingerprint density at radius 3 is 2.50 bits per heavy atom. The molecular formula is C19H19FN4. The zero-order valence-electron chi connectivity index (χ0n) is 13.2. The van der Waals surface area contributed by atoms with Crippen LogP contribution in [0.4, 0.5) is 4.39 Å². The number of benzene rings is 2. The largest absolute Gasteiger partial charge is 0.303 e. The lowest BCUT2D eigenvalue weighted by molar-refractivity contribution is 0.494. The molecule has 3 aromatic rings. The number of nitrogens with one attached hydrogen (secondary N) is 2. The zero-order valence-corrected chi connectivity index (χ0v) is 13.2. The summed E-state index contributed by atoms with van der Waals surface area (Å²) >= 11 is 0. The molecule has 0 aliphatic heterocycles. The predicted octanol–water partition coefficient (Wildman–Crippen LogP) is 3.35. The van der Waals surface area contributed by atoms with E-state index in [9.17, 15) is 4.39 Å². The molecule has 4 rings (SSSR count). The highest BCUT2D eigenvalue weighted by Crippen LogP contribution is 2.48. The van der Waals surface area contributed by atoms with Crippen LogP contribution in [0.1, 0.15) is 35.8 Å². The van der Waals surface area contributed by atoms with Gasteiger partial charge in [0.2, 0.25) is 0 Å². The second kappa shape index (κ2) is 6.17. The summed E-state index contributed by atoms with van der Waals surface area (Å²) in [5.41, 5.74) is 1.80. The third-order valence-electron chi connectivity index (χ3n) is 4.78. The number of nitrogens with zero attached hydrogens (tertiary/aromatic N) is 2. The minimum Gasteiger partial charge on any atom is -0.303 e. The van der Waals surface area contributed by atoms with Crippen LogP contribution in [0.15, 0.2) is 60.9 Å². The third kappa shape index (κ3) is 2.83. The molecule has 1 saturated carbocycles. The van der Waals surface area contributed by atoms with Crippen molar-refractivity contribution in [2.75, 3.05) is 6.54 Å². The smallest absolute Gasteiger partial charge is 0.145 e. The standard InChI is InChI=1S/C19H19FN4/c20-16-9-5-4-8-15(16)19(10-11-19)12-21-17(18-22-13-23-24-18)14-6-2-1-3-7-14/h1-9,13,17,21H,10-12H2,(H,22,23,24)/t17-/m0/s1. The van der Waals surface area contributed by atoms with E-state index in [1.54, 1.807) is 12.1 Å². The number of hydrogen-bond donors (Lipinski definition) is 2. The van der Waals surface area contributed by atoms with Crippen LogP contribution in [0, 0.1) is 5.82 Å². The van der Waals surface area contributed by atoms with Crippen LogP contribution in [0.3, 0.4) is 0 Å². The minimum absolute atomic E-state index is 0.0852. The van der Waals surface area contributed by atoms with Gasteiger partial charge in [-0.05, 0) is 30.0 Å². The minimum atomic E-state index is -0.118. The first-order valence-corrected chi connectivity index (χ1v) is 8.17. The number of hydrogen-bond acceptors (Lipinski definition) is 3. The maximum atomic E-state index is 14.2. The van der Waals surface area contributed by atoms with Gasteiger partial charge in [-0.2, -0.15) is 5.10 Å². The molecule has 0 radical (unpaired) electrons. The van der Waals surface area contributed by atoms with Crippen LogP contribution in [-0.2, 0) is 5.41 Å². The molecule has 1 atom stereocenters. The summed E-state index contributed by atoms with van der Waals surface area (Å²) in [5.74, 6) is 0.651. The fraction of sp³-hybridized carbons (Fsp3) is 0.263. The molecule has 0 bridgehead atoms. The number of aromatic nitrogens is 3. The number of H-pyrrole nitrogens is 1.